The molecular formula is C27H52N2O6. The van der Waals surface area contributed by atoms with E-state index in [0.717, 1.165) is 19.3 Å². The van der Waals surface area contributed by atoms with E-state index in [2.05, 4.69) is 26.1 Å². The Balaban J connectivity index is 4.28. The third kappa shape index (κ3) is 22.8. The quantitative estimate of drug-likeness (QED) is 0.133. The third-order valence-electron chi connectivity index (χ3n) is 5.87. The van der Waals surface area contributed by atoms with Crippen LogP contribution in [-0.2, 0) is 14.3 Å². The van der Waals surface area contributed by atoms with Crippen molar-refractivity contribution in [1.82, 2.24) is 10.2 Å². The molecule has 2 radical (unpaired) electrons. The summed E-state index contributed by atoms with van der Waals surface area (Å²) in [5.41, 5.74) is 0. The molecule has 0 heterocycles. The number of nitrogens with zero attached hydrogens (tertiary/aromatic N) is 1. The lowest BCUT2D eigenvalue weighted by molar-refractivity contribution is -0.146. The summed E-state index contributed by atoms with van der Waals surface area (Å²) in [7, 11) is 0. The van der Waals surface area contributed by atoms with Gasteiger partial charge < -0.3 is 25.0 Å². The molecule has 0 bridgehead atoms. The monoisotopic (exact) mass is 500 g/mol. The van der Waals surface area contributed by atoms with Crippen LogP contribution in [0.4, 0.5) is 4.79 Å². The zero-order valence-electron chi connectivity index (χ0n) is 22.2. The van der Waals surface area contributed by atoms with Crippen LogP contribution in [0.15, 0.2) is 0 Å². The average molecular weight is 501 g/mol. The lowest BCUT2D eigenvalue weighted by atomic mass is 10.0. The van der Waals surface area contributed by atoms with Crippen LogP contribution < -0.4 is 5.32 Å². The van der Waals surface area contributed by atoms with Crippen molar-refractivity contribution in [2.75, 3.05) is 39.4 Å². The van der Waals surface area contributed by atoms with Crippen LogP contribution in [0.1, 0.15) is 96.8 Å². The maximum absolute atomic E-state index is 12.3. The minimum Gasteiger partial charge on any atom is -0.462 e. The first-order valence-electron chi connectivity index (χ1n) is 13.7. The highest BCUT2D eigenvalue weighted by Gasteiger charge is 2.17. The van der Waals surface area contributed by atoms with Crippen LogP contribution in [0, 0.1) is 13.8 Å². The van der Waals surface area contributed by atoms with Gasteiger partial charge in [0.25, 0.3) is 0 Å². The van der Waals surface area contributed by atoms with Crippen LogP contribution in [0.2, 0.25) is 0 Å². The molecule has 0 saturated carbocycles. The average Bonchev–Trinajstić information content (AvgIpc) is 2.81. The zero-order valence-corrected chi connectivity index (χ0v) is 22.2. The summed E-state index contributed by atoms with van der Waals surface area (Å²) in [6.07, 6.45) is 12.8. The number of hydrogen-bond donors (Lipinski definition) is 3. The molecule has 0 aliphatic rings. The predicted octanol–water partition coefficient (Wildman–Crippen LogP) is 4.43. The molecule has 0 aliphatic heterocycles. The van der Waals surface area contributed by atoms with Gasteiger partial charge in [-0.1, -0.05) is 64.7 Å². The number of esters is 1. The van der Waals surface area contributed by atoms with Crippen LogP contribution in [-0.4, -0.2) is 78.8 Å². The van der Waals surface area contributed by atoms with Gasteiger partial charge in [0.15, 0.2) is 0 Å². The van der Waals surface area contributed by atoms with Crippen molar-refractivity contribution in [2.45, 2.75) is 109 Å². The number of carbonyl (C=O) groups excluding carboxylic acids is 2. The number of aliphatic hydroxyl groups is 2. The molecule has 1 amide bonds. The standard InChI is InChI=1S/C27H52N2O6/c1-4-5-6-7-8-9-10-11-12-13-15-25(16-17-26(32)34-24(2)3)35-27(33)28-18-14-19-29(20-22-30)21-23-31/h24-25,30-31H,2-23H2,1H3,(H,28,33). The van der Waals surface area contributed by atoms with Crippen molar-refractivity contribution in [2.24, 2.45) is 0 Å². The van der Waals surface area contributed by atoms with Gasteiger partial charge in [0, 0.05) is 26.1 Å². The molecule has 1 unspecified atom stereocenters. The summed E-state index contributed by atoms with van der Waals surface area (Å²) in [5.74, 6) is -0.384. The second-order valence-electron chi connectivity index (χ2n) is 9.22. The summed E-state index contributed by atoms with van der Waals surface area (Å²) >= 11 is 0. The fourth-order valence-corrected chi connectivity index (χ4v) is 3.95. The largest absolute Gasteiger partial charge is 0.462 e. The van der Waals surface area contributed by atoms with Gasteiger partial charge in [-0.05, 0) is 46.1 Å². The van der Waals surface area contributed by atoms with E-state index in [0.29, 0.717) is 39.0 Å². The molecule has 35 heavy (non-hydrogen) atoms. The first kappa shape index (κ1) is 33.6. The highest BCUT2D eigenvalue weighted by Crippen LogP contribution is 2.16. The second kappa shape index (κ2) is 24.3. The van der Waals surface area contributed by atoms with Gasteiger partial charge in [0.1, 0.15) is 12.2 Å². The van der Waals surface area contributed by atoms with E-state index in [-0.39, 0.29) is 31.7 Å². The van der Waals surface area contributed by atoms with Gasteiger partial charge in [0.2, 0.25) is 0 Å². The number of hydrogen-bond acceptors (Lipinski definition) is 7. The Kier molecular flexibility index (Phi) is 23.4. The number of unbranched alkanes of at least 4 members (excludes halogenated alkanes) is 9. The fraction of sp³-hybridized carbons (Fsp3) is 0.852. The number of amides is 1. The van der Waals surface area contributed by atoms with Gasteiger partial charge >= 0.3 is 12.1 Å². The van der Waals surface area contributed by atoms with E-state index in [1.165, 1.54) is 51.4 Å². The number of ether oxygens (including phenoxy) is 2. The summed E-state index contributed by atoms with van der Waals surface area (Å²) in [6.45, 7) is 11.5. The Hall–Kier alpha value is -1.38. The maximum Gasteiger partial charge on any atom is 0.407 e. The minimum atomic E-state index is -0.650. The SMILES string of the molecule is [CH2]C([CH2])OC(=O)CCC(CCCCCCCCCCCC)OC(=O)NCCCN(CCO)CCO. The normalized spacial score (nSPS) is 12.2. The molecule has 0 aromatic carbocycles. The molecule has 206 valence electrons. The minimum absolute atomic E-state index is 0.0292. The number of alkyl carbamates (subject to hydrolysis) is 1. The van der Waals surface area contributed by atoms with Crippen molar-refractivity contribution < 1.29 is 29.3 Å². The van der Waals surface area contributed by atoms with Crippen LogP contribution in [0.25, 0.3) is 0 Å². The van der Waals surface area contributed by atoms with Crippen molar-refractivity contribution in [1.29, 1.82) is 0 Å². The molecule has 1 atom stereocenters. The van der Waals surface area contributed by atoms with E-state index >= 15 is 0 Å². The van der Waals surface area contributed by atoms with Gasteiger partial charge in [-0.3, -0.25) is 9.69 Å². The van der Waals surface area contributed by atoms with Crippen LogP contribution >= 0.6 is 0 Å². The number of nitrogens with one attached hydrogen (secondary N) is 1. The lowest BCUT2D eigenvalue weighted by Crippen LogP contribution is -2.34. The summed E-state index contributed by atoms with van der Waals surface area (Å²) in [4.78, 5) is 26.1. The highest BCUT2D eigenvalue weighted by atomic mass is 16.6. The molecule has 8 nitrogen and oxygen atoms in total. The zero-order chi connectivity index (χ0) is 26.2. The highest BCUT2D eigenvalue weighted by molar-refractivity contribution is 5.70. The second-order valence-corrected chi connectivity index (χ2v) is 9.22. The fourth-order valence-electron chi connectivity index (χ4n) is 3.95. The molecule has 0 aromatic heterocycles. The first-order chi connectivity index (χ1) is 16.9. The molecule has 0 saturated heterocycles. The molecule has 0 fully saturated rings. The summed E-state index contributed by atoms with van der Waals surface area (Å²) in [5, 5.41) is 20.9. The Morgan fingerprint density at radius 2 is 1.37 bits per heavy atom. The van der Waals surface area contributed by atoms with Crippen LogP contribution in [0.3, 0.4) is 0 Å². The third-order valence-corrected chi connectivity index (χ3v) is 5.87. The molecular weight excluding hydrogens is 448 g/mol. The topological polar surface area (TPSA) is 108 Å². The smallest absolute Gasteiger partial charge is 0.407 e. The van der Waals surface area contributed by atoms with Crippen molar-refractivity contribution in [3.8, 4) is 0 Å². The van der Waals surface area contributed by atoms with Gasteiger partial charge in [-0.2, -0.15) is 0 Å². The van der Waals surface area contributed by atoms with Crippen molar-refractivity contribution in [3.63, 3.8) is 0 Å². The maximum atomic E-state index is 12.3. The lowest BCUT2D eigenvalue weighted by Gasteiger charge is -2.21. The van der Waals surface area contributed by atoms with E-state index in [4.69, 9.17) is 19.7 Å². The van der Waals surface area contributed by atoms with E-state index < -0.39 is 12.2 Å². The molecule has 8 heteroatoms. The van der Waals surface area contributed by atoms with Crippen LogP contribution in [0.5, 0.6) is 0 Å². The predicted molar refractivity (Wildman–Crippen MR) is 140 cm³/mol. The molecule has 0 rings (SSSR count). The molecule has 0 spiro atoms. The van der Waals surface area contributed by atoms with Gasteiger partial charge in [0.05, 0.1) is 13.2 Å². The molecule has 0 aromatic rings. The summed E-state index contributed by atoms with van der Waals surface area (Å²) < 4.78 is 10.6. The van der Waals surface area contributed by atoms with E-state index in [1.807, 2.05) is 4.90 Å². The van der Waals surface area contributed by atoms with E-state index in [1.54, 1.807) is 0 Å². The first-order valence-corrected chi connectivity index (χ1v) is 13.7. The van der Waals surface area contributed by atoms with Gasteiger partial charge in [-0.15, -0.1) is 0 Å². The number of carbonyl (C=O) groups is 2. The van der Waals surface area contributed by atoms with Crippen molar-refractivity contribution >= 4 is 12.1 Å². The Morgan fingerprint density at radius 3 is 1.91 bits per heavy atom. The Labute approximate surface area is 214 Å². The van der Waals surface area contributed by atoms with Gasteiger partial charge in [-0.25, -0.2) is 4.79 Å². The molecule has 3 N–H and O–H groups in total. The van der Waals surface area contributed by atoms with Crippen molar-refractivity contribution in [3.05, 3.63) is 13.8 Å². The molecule has 0 aliphatic carbocycles. The van der Waals surface area contributed by atoms with E-state index in [9.17, 15) is 9.59 Å². The number of aliphatic hydroxyl groups excluding tert-OH is 2. The summed E-state index contributed by atoms with van der Waals surface area (Å²) in [6, 6.07) is 0. The Bertz CT molecular complexity index is 498. The Morgan fingerprint density at radius 1 is 0.800 bits per heavy atom. The number of rotatable bonds is 24.